The van der Waals surface area contributed by atoms with Gasteiger partial charge in [0.2, 0.25) is 0 Å². The number of nitrogens with one attached hydrogen (secondary N) is 1. The van der Waals surface area contributed by atoms with Crippen LogP contribution in [-0.2, 0) is 14.2 Å². The van der Waals surface area contributed by atoms with E-state index in [0.717, 1.165) is 12.7 Å². The number of carbonyl (C=O) groups excluding carboxylic acids is 1. The zero-order valence-electron chi connectivity index (χ0n) is 7.92. The molecule has 0 heterocycles. The molecule has 1 N–H and O–H groups in total. The molecule has 0 spiro atoms. The minimum atomic E-state index is -0.270. The molecule has 4 nitrogen and oxygen atoms in total. The maximum Gasteiger partial charge on any atom is 0.379 e. The Balaban J connectivity index is 3.50. The highest BCUT2D eigenvalue weighted by Gasteiger charge is 2.13. The van der Waals surface area contributed by atoms with Gasteiger partial charge in [0.15, 0.2) is 0 Å². The smallest absolute Gasteiger partial charge is 0.379 e. The van der Waals surface area contributed by atoms with Crippen LogP contribution >= 0.6 is 0 Å². The van der Waals surface area contributed by atoms with Crippen molar-refractivity contribution in [2.45, 2.75) is 19.7 Å². The Hall–Kier alpha value is -0.545. The number of methoxy groups -OCH3 is 1. The SMILES string of the molecule is CCCB(NCC(=O)OC)OC. The first kappa shape index (κ1) is 11.5. The van der Waals surface area contributed by atoms with Gasteiger partial charge in [0.25, 0.3) is 0 Å². The van der Waals surface area contributed by atoms with Crippen LogP contribution in [0.25, 0.3) is 0 Å². The van der Waals surface area contributed by atoms with E-state index in [9.17, 15) is 4.79 Å². The lowest BCUT2D eigenvalue weighted by Gasteiger charge is -2.10. The highest BCUT2D eigenvalue weighted by molar-refractivity contribution is 6.49. The van der Waals surface area contributed by atoms with Gasteiger partial charge in [0.1, 0.15) is 0 Å². The van der Waals surface area contributed by atoms with Crippen molar-refractivity contribution in [2.24, 2.45) is 0 Å². The van der Waals surface area contributed by atoms with Crippen LogP contribution in [0.15, 0.2) is 0 Å². The van der Waals surface area contributed by atoms with Crippen molar-refractivity contribution in [1.29, 1.82) is 0 Å². The van der Waals surface area contributed by atoms with Gasteiger partial charge in [-0.1, -0.05) is 13.3 Å². The van der Waals surface area contributed by atoms with Gasteiger partial charge in [-0.25, -0.2) is 0 Å². The molecule has 0 saturated heterocycles. The lowest BCUT2D eigenvalue weighted by atomic mass is 9.77. The Kier molecular flexibility index (Phi) is 6.80. The molecule has 0 amide bonds. The van der Waals surface area contributed by atoms with E-state index < -0.39 is 0 Å². The Morgan fingerprint density at radius 1 is 1.50 bits per heavy atom. The lowest BCUT2D eigenvalue weighted by Crippen LogP contribution is -2.39. The molecular formula is C7H16BNO3. The maximum absolute atomic E-state index is 10.7. The molecule has 0 aliphatic heterocycles. The molecule has 0 fully saturated rings. The summed E-state index contributed by atoms with van der Waals surface area (Å²) >= 11 is 0. The van der Waals surface area contributed by atoms with Crippen LogP contribution < -0.4 is 5.23 Å². The van der Waals surface area contributed by atoms with Crippen molar-refractivity contribution < 1.29 is 14.2 Å². The number of hydrogen-bond donors (Lipinski definition) is 1. The van der Waals surface area contributed by atoms with Gasteiger partial charge >= 0.3 is 13.0 Å². The fourth-order valence-corrected chi connectivity index (χ4v) is 0.835. The first-order chi connectivity index (χ1) is 5.74. The molecule has 0 aromatic heterocycles. The van der Waals surface area contributed by atoms with E-state index in [1.807, 2.05) is 0 Å². The molecule has 0 radical (unpaired) electrons. The topological polar surface area (TPSA) is 47.6 Å². The molecule has 5 heteroatoms. The Bertz CT molecular complexity index is 132. The molecule has 0 aliphatic rings. The van der Waals surface area contributed by atoms with Crippen molar-refractivity contribution in [3.8, 4) is 0 Å². The highest BCUT2D eigenvalue weighted by Crippen LogP contribution is 1.93. The summed E-state index contributed by atoms with van der Waals surface area (Å²) in [6.07, 6.45) is 1.92. The van der Waals surface area contributed by atoms with Crippen LogP contribution in [-0.4, -0.2) is 33.8 Å². The Morgan fingerprint density at radius 3 is 2.58 bits per heavy atom. The number of rotatable bonds is 6. The summed E-state index contributed by atoms with van der Waals surface area (Å²) in [5.74, 6) is -0.270. The van der Waals surface area contributed by atoms with Gasteiger partial charge in [-0.15, -0.1) is 0 Å². The minimum absolute atomic E-state index is 0.0471. The standard InChI is InChI=1S/C7H16BNO3/c1-4-5-8(12-3)9-6-7(10)11-2/h9H,4-6H2,1-3H3. The summed E-state index contributed by atoms with van der Waals surface area (Å²) < 4.78 is 9.53. The fourth-order valence-electron chi connectivity index (χ4n) is 0.835. The largest absolute Gasteiger partial charge is 0.468 e. The average Bonchev–Trinajstić information content (AvgIpc) is 2.11. The van der Waals surface area contributed by atoms with Gasteiger partial charge in [-0.2, -0.15) is 0 Å². The highest BCUT2D eigenvalue weighted by atomic mass is 16.5. The second-order valence-corrected chi connectivity index (χ2v) is 2.47. The van der Waals surface area contributed by atoms with E-state index in [1.165, 1.54) is 7.11 Å². The van der Waals surface area contributed by atoms with Crippen LogP contribution in [0.4, 0.5) is 0 Å². The van der Waals surface area contributed by atoms with Crippen LogP contribution in [0, 0.1) is 0 Å². The van der Waals surface area contributed by atoms with Crippen molar-refractivity contribution in [2.75, 3.05) is 20.8 Å². The molecule has 70 valence electrons. The molecule has 0 bridgehead atoms. The molecule has 0 unspecified atom stereocenters. The molecule has 0 rings (SSSR count). The summed E-state index contributed by atoms with van der Waals surface area (Å²) in [4.78, 5) is 10.7. The van der Waals surface area contributed by atoms with E-state index in [0.29, 0.717) is 0 Å². The maximum atomic E-state index is 10.7. The van der Waals surface area contributed by atoms with E-state index in [1.54, 1.807) is 7.11 Å². The Morgan fingerprint density at radius 2 is 2.17 bits per heavy atom. The number of esters is 1. The van der Waals surface area contributed by atoms with Crippen molar-refractivity contribution in [1.82, 2.24) is 5.23 Å². The lowest BCUT2D eigenvalue weighted by molar-refractivity contribution is -0.139. The van der Waals surface area contributed by atoms with Gasteiger partial charge in [-0.3, -0.25) is 4.79 Å². The fraction of sp³-hybridized carbons (Fsp3) is 0.857. The summed E-state index contributed by atoms with van der Waals surface area (Å²) in [5, 5.41) is 2.92. The number of ether oxygens (including phenoxy) is 1. The number of hydrogen-bond acceptors (Lipinski definition) is 4. The third-order valence-corrected chi connectivity index (χ3v) is 1.54. The molecule has 0 atom stereocenters. The Labute approximate surface area is 73.7 Å². The quantitative estimate of drug-likeness (QED) is 0.463. The van der Waals surface area contributed by atoms with Crippen LogP contribution in [0.5, 0.6) is 0 Å². The molecule has 0 aromatic carbocycles. The van der Waals surface area contributed by atoms with E-state index in [-0.39, 0.29) is 19.6 Å². The third kappa shape index (κ3) is 5.15. The van der Waals surface area contributed by atoms with Crippen LogP contribution in [0.3, 0.4) is 0 Å². The molecule has 12 heavy (non-hydrogen) atoms. The summed E-state index contributed by atoms with van der Waals surface area (Å²) in [6.45, 7) is 2.26. The monoisotopic (exact) mass is 173 g/mol. The summed E-state index contributed by atoms with van der Waals surface area (Å²) in [6, 6.07) is 0. The van der Waals surface area contributed by atoms with Crippen molar-refractivity contribution in [3.63, 3.8) is 0 Å². The second-order valence-electron chi connectivity index (χ2n) is 2.47. The van der Waals surface area contributed by atoms with Gasteiger partial charge in [0, 0.05) is 7.11 Å². The third-order valence-electron chi connectivity index (χ3n) is 1.54. The summed E-state index contributed by atoms with van der Waals surface area (Å²) in [7, 11) is 2.94. The first-order valence-corrected chi connectivity index (χ1v) is 4.07. The first-order valence-electron chi connectivity index (χ1n) is 4.07. The molecule has 0 aromatic rings. The van der Waals surface area contributed by atoms with Crippen LogP contribution in [0.1, 0.15) is 13.3 Å². The van der Waals surface area contributed by atoms with E-state index in [2.05, 4.69) is 16.9 Å². The van der Waals surface area contributed by atoms with Gasteiger partial charge < -0.3 is 14.6 Å². The average molecular weight is 173 g/mol. The zero-order chi connectivity index (χ0) is 9.40. The minimum Gasteiger partial charge on any atom is -0.468 e. The predicted octanol–water partition coefficient (Wildman–Crippen LogP) is 0.294. The predicted molar refractivity (Wildman–Crippen MR) is 47.9 cm³/mol. The van der Waals surface area contributed by atoms with E-state index >= 15 is 0 Å². The molecule has 0 saturated carbocycles. The number of carbonyl (C=O) groups is 1. The van der Waals surface area contributed by atoms with Crippen LogP contribution in [0.2, 0.25) is 6.32 Å². The van der Waals surface area contributed by atoms with Crippen molar-refractivity contribution >= 4 is 13.0 Å². The van der Waals surface area contributed by atoms with Crippen molar-refractivity contribution in [3.05, 3.63) is 0 Å². The summed E-state index contributed by atoms with van der Waals surface area (Å²) in [5.41, 5.74) is 0. The van der Waals surface area contributed by atoms with Gasteiger partial charge in [-0.05, 0) is 6.32 Å². The molecular weight excluding hydrogens is 157 g/mol. The van der Waals surface area contributed by atoms with E-state index in [4.69, 9.17) is 4.65 Å². The molecule has 0 aliphatic carbocycles. The normalized spacial score (nSPS) is 9.58. The van der Waals surface area contributed by atoms with Gasteiger partial charge in [0.05, 0.1) is 13.7 Å². The second kappa shape index (κ2) is 7.12. The zero-order valence-corrected chi connectivity index (χ0v) is 7.92.